The average molecular weight is 358 g/mol. The first-order valence-electron chi connectivity index (χ1n) is 6.88. The van der Waals surface area contributed by atoms with Crippen molar-refractivity contribution in [3.8, 4) is 0 Å². The monoisotopic (exact) mass is 357 g/mol. The molecule has 0 aliphatic carbocycles. The Balaban J connectivity index is 2.78. The maximum atomic E-state index is 12.3. The van der Waals surface area contributed by atoms with Crippen LogP contribution in [0, 0.1) is 5.41 Å². The van der Waals surface area contributed by atoms with Crippen LogP contribution in [-0.4, -0.2) is 32.5 Å². The van der Waals surface area contributed by atoms with E-state index in [-0.39, 0.29) is 21.9 Å². The van der Waals surface area contributed by atoms with Gasteiger partial charge in [-0.3, -0.25) is 0 Å². The minimum Gasteiger partial charge on any atom is -0.444 e. The molecule has 0 fully saturated rings. The number of carbonyl (C=O) groups is 1. The topological polar surface area (TPSA) is 63.7 Å². The number of sulfonamides is 1. The molecule has 0 unspecified atom stereocenters. The Morgan fingerprint density at radius 2 is 1.96 bits per heavy atom. The molecular formula is C16H20ClNO4S. The van der Waals surface area contributed by atoms with Crippen LogP contribution < -0.4 is 0 Å². The van der Waals surface area contributed by atoms with Gasteiger partial charge in [0.1, 0.15) is 11.5 Å². The third-order valence-electron chi connectivity index (χ3n) is 2.66. The number of nitrogens with zero attached hydrogens (tertiary/aromatic N) is 1. The fourth-order valence-electron chi connectivity index (χ4n) is 1.46. The van der Waals surface area contributed by atoms with Crippen molar-refractivity contribution in [1.29, 1.82) is 0 Å². The summed E-state index contributed by atoms with van der Waals surface area (Å²) in [6, 6.07) is 5.89. The second-order valence-electron chi connectivity index (χ2n) is 5.86. The van der Waals surface area contributed by atoms with Gasteiger partial charge in [0.2, 0.25) is 0 Å². The van der Waals surface area contributed by atoms with Crippen LogP contribution in [0.25, 0.3) is 0 Å². The smallest absolute Gasteiger partial charge is 0.423 e. The first kappa shape index (κ1) is 19.3. The molecule has 1 rings (SSSR count). The zero-order chi connectivity index (χ0) is 17.7. The van der Waals surface area contributed by atoms with Gasteiger partial charge in [-0.05, 0) is 29.7 Å². The molecule has 23 heavy (non-hydrogen) atoms. The Morgan fingerprint density at radius 3 is 2.52 bits per heavy atom. The van der Waals surface area contributed by atoms with Gasteiger partial charge in [0.15, 0.2) is 0 Å². The van der Waals surface area contributed by atoms with Crippen LogP contribution in [0.5, 0.6) is 0 Å². The highest BCUT2D eigenvalue weighted by Gasteiger charge is 2.28. The van der Waals surface area contributed by atoms with E-state index in [9.17, 15) is 13.2 Å². The van der Waals surface area contributed by atoms with Crippen molar-refractivity contribution in [1.82, 2.24) is 4.31 Å². The zero-order valence-corrected chi connectivity index (χ0v) is 15.1. The highest BCUT2D eigenvalue weighted by Crippen LogP contribution is 2.23. The normalized spacial score (nSPS) is 11.3. The largest absolute Gasteiger partial charge is 0.444 e. The molecule has 5 nitrogen and oxygen atoms in total. The van der Waals surface area contributed by atoms with Gasteiger partial charge in [0.05, 0.1) is 5.02 Å². The predicted octanol–water partition coefficient (Wildman–Crippen LogP) is 3.85. The van der Waals surface area contributed by atoms with Crippen LogP contribution in [0.3, 0.4) is 0 Å². The fourth-order valence-corrected chi connectivity index (χ4v) is 3.00. The van der Waals surface area contributed by atoms with Crippen molar-refractivity contribution in [2.45, 2.75) is 25.7 Å². The summed E-state index contributed by atoms with van der Waals surface area (Å²) in [4.78, 5) is 11.7. The molecular weight excluding hydrogens is 338 g/mol. The number of carbonyl (C=O) groups excluding carboxylic acids is 1. The Morgan fingerprint density at radius 1 is 1.35 bits per heavy atom. The average Bonchev–Trinajstić information content (AvgIpc) is 2.44. The maximum Gasteiger partial charge on any atom is 0.423 e. The summed E-state index contributed by atoms with van der Waals surface area (Å²) in [5, 5.41) is 0.0418. The van der Waals surface area contributed by atoms with E-state index in [0.717, 1.165) is 7.05 Å². The van der Waals surface area contributed by atoms with E-state index in [1.807, 2.05) is 26.8 Å². The Bertz CT molecular complexity index is 729. The highest BCUT2D eigenvalue weighted by atomic mass is 35.5. The third-order valence-corrected chi connectivity index (χ3v) is 4.88. The van der Waals surface area contributed by atoms with Crippen molar-refractivity contribution in [3.63, 3.8) is 0 Å². The summed E-state index contributed by atoms with van der Waals surface area (Å²) in [6.45, 7) is 5.94. The number of ether oxygens (including phenoxy) is 1. The number of amides is 1. The number of hydrogen-bond donors (Lipinski definition) is 0. The van der Waals surface area contributed by atoms with Crippen molar-refractivity contribution in [3.05, 3.63) is 47.2 Å². The van der Waals surface area contributed by atoms with E-state index in [1.165, 1.54) is 24.3 Å². The summed E-state index contributed by atoms with van der Waals surface area (Å²) in [6.07, 6.45) is 2.35. The summed E-state index contributed by atoms with van der Waals surface area (Å²) < 4.78 is 30.1. The molecule has 0 saturated heterocycles. The molecule has 0 aromatic heterocycles. The zero-order valence-electron chi connectivity index (χ0n) is 13.5. The van der Waals surface area contributed by atoms with Crippen molar-refractivity contribution >= 4 is 27.7 Å². The molecule has 0 aliphatic heterocycles. The quantitative estimate of drug-likeness (QED) is 0.767. The molecule has 7 heteroatoms. The van der Waals surface area contributed by atoms with Gasteiger partial charge < -0.3 is 4.74 Å². The summed E-state index contributed by atoms with van der Waals surface area (Å²) in [7, 11) is -2.93. The van der Waals surface area contributed by atoms with Gasteiger partial charge in [-0.1, -0.05) is 44.5 Å². The van der Waals surface area contributed by atoms with Gasteiger partial charge in [0, 0.05) is 7.05 Å². The maximum absolute atomic E-state index is 12.3. The van der Waals surface area contributed by atoms with E-state index in [4.69, 9.17) is 16.3 Å². The standard InChI is InChI=1S/C16H20ClNO4S/c1-16(2,3)11-7-8-12-22-15(19)18(4)23(20,21)14-10-6-5-9-13(14)17/h5-6,8-11H,12H2,1-4H3. The Kier molecular flexibility index (Phi) is 6.45. The predicted molar refractivity (Wildman–Crippen MR) is 89.9 cm³/mol. The van der Waals surface area contributed by atoms with Crippen molar-refractivity contribution in [2.24, 2.45) is 5.41 Å². The van der Waals surface area contributed by atoms with Crippen LogP contribution in [0.4, 0.5) is 4.79 Å². The van der Waals surface area contributed by atoms with Crippen molar-refractivity contribution < 1.29 is 17.9 Å². The third kappa shape index (κ3) is 5.75. The number of benzene rings is 1. The summed E-state index contributed by atoms with van der Waals surface area (Å²) in [5.74, 6) is 0. The van der Waals surface area contributed by atoms with Gasteiger partial charge >= 0.3 is 6.09 Å². The van der Waals surface area contributed by atoms with E-state index >= 15 is 0 Å². The first-order valence-corrected chi connectivity index (χ1v) is 8.70. The van der Waals surface area contributed by atoms with E-state index in [2.05, 4.69) is 5.73 Å². The van der Waals surface area contributed by atoms with E-state index in [0.29, 0.717) is 4.31 Å². The van der Waals surface area contributed by atoms with Crippen LogP contribution >= 0.6 is 11.6 Å². The fraction of sp³-hybridized carbons (Fsp3) is 0.375. The lowest BCUT2D eigenvalue weighted by molar-refractivity contribution is 0.142. The minimum atomic E-state index is -4.05. The Hall–Kier alpha value is -1.75. The van der Waals surface area contributed by atoms with Gasteiger partial charge in [-0.2, -0.15) is 0 Å². The van der Waals surface area contributed by atoms with Crippen molar-refractivity contribution in [2.75, 3.05) is 13.7 Å². The summed E-state index contributed by atoms with van der Waals surface area (Å²) >= 11 is 5.87. The second kappa shape index (κ2) is 7.68. The minimum absolute atomic E-state index is 0.0370. The summed E-state index contributed by atoms with van der Waals surface area (Å²) in [5.41, 5.74) is 2.85. The molecule has 1 aromatic carbocycles. The molecule has 0 radical (unpaired) electrons. The SMILES string of the molecule is CN(C(=O)OCC=C=CC(C)(C)C)S(=O)(=O)c1ccccc1Cl. The molecule has 0 N–H and O–H groups in total. The lowest BCUT2D eigenvalue weighted by Gasteiger charge is -2.17. The van der Waals surface area contributed by atoms with E-state index < -0.39 is 16.1 Å². The van der Waals surface area contributed by atoms with Gasteiger partial charge in [-0.25, -0.2) is 17.5 Å². The molecule has 0 spiro atoms. The van der Waals surface area contributed by atoms with Gasteiger partial charge in [-0.15, -0.1) is 5.73 Å². The van der Waals surface area contributed by atoms with Crippen LogP contribution in [0.15, 0.2) is 47.0 Å². The number of halogens is 1. The number of rotatable bonds is 4. The Labute approximate surface area is 142 Å². The molecule has 126 valence electrons. The molecule has 0 atom stereocenters. The van der Waals surface area contributed by atoms with Gasteiger partial charge in [0.25, 0.3) is 10.0 Å². The van der Waals surface area contributed by atoms with E-state index in [1.54, 1.807) is 6.07 Å². The molecule has 0 saturated carbocycles. The first-order chi connectivity index (χ1) is 10.6. The lowest BCUT2D eigenvalue weighted by atomic mass is 9.97. The number of hydrogen-bond acceptors (Lipinski definition) is 4. The highest BCUT2D eigenvalue weighted by molar-refractivity contribution is 7.89. The van der Waals surface area contributed by atoms with Crippen LogP contribution in [-0.2, 0) is 14.8 Å². The molecule has 0 aliphatic rings. The molecule has 0 heterocycles. The molecule has 0 bridgehead atoms. The second-order valence-corrected chi connectivity index (χ2v) is 8.21. The lowest BCUT2D eigenvalue weighted by Crippen LogP contribution is -2.33. The molecule has 1 amide bonds. The van der Waals surface area contributed by atoms with Crippen LogP contribution in [0.1, 0.15) is 20.8 Å². The molecule has 1 aromatic rings. The van der Waals surface area contributed by atoms with Crippen LogP contribution in [0.2, 0.25) is 5.02 Å².